The molecule has 0 saturated carbocycles. The lowest BCUT2D eigenvalue weighted by Gasteiger charge is -2.13. The van der Waals surface area contributed by atoms with Crippen molar-refractivity contribution >= 4 is 32.6 Å². The van der Waals surface area contributed by atoms with Crippen molar-refractivity contribution in [1.82, 2.24) is 5.32 Å². The van der Waals surface area contributed by atoms with Crippen LogP contribution in [-0.4, -0.2) is 28.7 Å². The third-order valence-electron chi connectivity index (χ3n) is 2.43. The van der Waals surface area contributed by atoms with Gasteiger partial charge in [-0.15, -0.1) is 0 Å². The fraction of sp³-hybridized carbons (Fsp3) is 0.417. The fourth-order valence-electron chi connectivity index (χ4n) is 1.52. The lowest BCUT2D eigenvalue weighted by Crippen LogP contribution is -2.27. The highest BCUT2D eigenvalue weighted by Gasteiger charge is 2.35. The van der Waals surface area contributed by atoms with Gasteiger partial charge in [-0.05, 0) is 24.6 Å². The molecule has 1 N–H and O–H groups in total. The molecule has 0 aliphatic rings. The second-order valence-corrected chi connectivity index (χ2v) is 6.54. The summed E-state index contributed by atoms with van der Waals surface area (Å²) < 4.78 is 49.6. The lowest BCUT2D eigenvalue weighted by atomic mass is 10.1. The number of amides is 1. The molecule has 0 spiro atoms. The van der Waals surface area contributed by atoms with E-state index in [1.165, 1.54) is 12.3 Å². The van der Waals surface area contributed by atoms with E-state index in [1.807, 2.05) is 0 Å². The maximum absolute atomic E-state index is 12.8. The van der Waals surface area contributed by atoms with E-state index in [0.717, 1.165) is 12.1 Å². The number of carbonyl (C=O) groups is 1. The summed E-state index contributed by atoms with van der Waals surface area (Å²) in [6.45, 7) is 0.186. The van der Waals surface area contributed by atoms with E-state index in [1.54, 1.807) is 0 Å². The summed E-state index contributed by atoms with van der Waals surface area (Å²) in [6, 6.07) is 3.38. The molecule has 0 bridgehead atoms. The van der Waals surface area contributed by atoms with Crippen molar-refractivity contribution in [2.45, 2.75) is 12.6 Å². The molecular formula is C12H13BrF3NO2S. The molecule has 0 fully saturated rings. The third-order valence-corrected chi connectivity index (χ3v) is 3.78. The number of rotatable bonds is 5. The minimum Gasteiger partial charge on any atom is -0.352 e. The Morgan fingerprint density at radius 2 is 2.05 bits per heavy atom. The average Bonchev–Trinajstić information content (AvgIpc) is 2.33. The summed E-state index contributed by atoms with van der Waals surface area (Å²) in [5.74, 6) is -0.390. The van der Waals surface area contributed by atoms with Crippen LogP contribution in [0.3, 0.4) is 0 Å². The van der Waals surface area contributed by atoms with Crippen LogP contribution >= 0.6 is 15.9 Å². The largest absolute Gasteiger partial charge is 0.417 e. The Morgan fingerprint density at radius 1 is 1.40 bits per heavy atom. The predicted octanol–water partition coefficient (Wildman–Crippen LogP) is 2.97. The summed E-state index contributed by atoms with van der Waals surface area (Å²) in [6.07, 6.45) is -2.62. The van der Waals surface area contributed by atoms with Crippen LogP contribution in [0, 0.1) is 0 Å². The first-order valence-corrected chi connectivity index (χ1v) is 8.19. The lowest BCUT2D eigenvalue weighted by molar-refractivity contribution is -0.138. The molecule has 1 unspecified atom stereocenters. The molecule has 8 heteroatoms. The molecule has 1 atom stereocenters. The van der Waals surface area contributed by atoms with Crippen LogP contribution in [0.15, 0.2) is 22.7 Å². The standard InChI is InChI=1S/C12H13BrF3NO2S/c1-20(19)6-2-5-17-11(18)9-4-3-8(13)7-10(9)12(14,15)16/h3-4,7H,2,5-6H2,1H3,(H,17,18). The van der Waals surface area contributed by atoms with Crippen LogP contribution in [0.25, 0.3) is 0 Å². The number of hydrogen-bond acceptors (Lipinski definition) is 2. The minimum atomic E-state index is -4.60. The normalized spacial score (nSPS) is 13.1. The van der Waals surface area contributed by atoms with Crippen LogP contribution in [0.1, 0.15) is 22.3 Å². The summed E-state index contributed by atoms with van der Waals surface area (Å²) in [5, 5.41) is 2.40. The number of halogens is 4. The second-order valence-electron chi connectivity index (χ2n) is 4.07. The van der Waals surface area contributed by atoms with Gasteiger partial charge >= 0.3 is 6.18 Å². The zero-order chi connectivity index (χ0) is 15.3. The molecule has 0 radical (unpaired) electrons. The molecule has 112 valence electrons. The number of nitrogens with one attached hydrogen (secondary N) is 1. The van der Waals surface area contributed by atoms with Gasteiger partial charge in [0, 0.05) is 33.8 Å². The fourth-order valence-corrected chi connectivity index (χ4v) is 2.43. The van der Waals surface area contributed by atoms with Gasteiger partial charge < -0.3 is 5.32 Å². The van der Waals surface area contributed by atoms with E-state index in [2.05, 4.69) is 21.2 Å². The summed E-state index contributed by atoms with van der Waals surface area (Å²) in [4.78, 5) is 11.8. The van der Waals surface area contributed by atoms with Gasteiger partial charge in [0.15, 0.2) is 0 Å². The number of benzene rings is 1. The topological polar surface area (TPSA) is 46.2 Å². The van der Waals surface area contributed by atoms with Gasteiger partial charge in [-0.2, -0.15) is 13.2 Å². The van der Waals surface area contributed by atoms with Crippen LogP contribution < -0.4 is 5.32 Å². The summed E-state index contributed by atoms with van der Waals surface area (Å²) in [5.41, 5.74) is -1.40. The quantitative estimate of drug-likeness (QED) is 0.808. The van der Waals surface area contributed by atoms with Gasteiger partial charge in [-0.25, -0.2) is 0 Å². The molecule has 1 rings (SSSR count). The zero-order valence-electron chi connectivity index (χ0n) is 10.6. The molecule has 1 aromatic rings. The van der Waals surface area contributed by atoms with Crippen molar-refractivity contribution in [3.63, 3.8) is 0 Å². The number of carbonyl (C=O) groups excluding carboxylic acids is 1. The third kappa shape index (κ3) is 5.24. The van der Waals surface area contributed by atoms with Gasteiger partial charge in [0.2, 0.25) is 0 Å². The van der Waals surface area contributed by atoms with E-state index in [9.17, 15) is 22.2 Å². The van der Waals surface area contributed by atoms with Gasteiger partial charge in [0.05, 0.1) is 11.1 Å². The highest BCUT2D eigenvalue weighted by Crippen LogP contribution is 2.33. The van der Waals surface area contributed by atoms with E-state index >= 15 is 0 Å². The molecule has 0 aromatic heterocycles. The van der Waals surface area contributed by atoms with E-state index in [-0.39, 0.29) is 11.0 Å². The summed E-state index contributed by atoms with van der Waals surface area (Å²) in [7, 11) is -0.984. The monoisotopic (exact) mass is 371 g/mol. The van der Waals surface area contributed by atoms with Crippen LogP contribution in [-0.2, 0) is 17.0 Å². The van der Waals surface area contributed by atoms with Crippen LogP contribution in [0.2, 0.25) is 0 Å². The smallest absolute Gasteiger partial charge is 0.352 e. The molecule has 0 aliphatic heterocycles. The molecule has 0 heterocycles. The number of hydrogen-bond donors (Lipinski definition) is 1. The Kier molecular flexibility index (Phi) is 6.19. The zero-order valence-corrected chi connectivity index (χ0v) is 13.0. The SMILES string of the molecule is CS(=O)CCCNC(=O)c1ccc(Br)cc1C(F)(F)F. The van der Waals surface area contributed by atoms with Crippen molar-refractivity contribution < 1.29 is 22.2 Å². The highest BCUT2D eigenvalue weighted by atomic mass is 79.9. The maximum atomic E-state index is 12.8. The molecule has 1 amide bonds. The van der Waals surface area contributed by atoms with E-state index in [4.69, 9.17) is 0 Å². The first kappa shape index (κ1) is 17.2. The molecule has 0 aliphatic carbocycles. The van der Waals surface area contributed by atoms with E-state index < -0.39 is 34.0 Å². The van der Waals surface area contributed by atoms with Gasteiger partial charge in [-0.1, -0.05) is 15.9 Å². The Hall–Kier alpha value is -0.890. The Balaban J connectivity index is 2.80. The molecule has 0 saturated heterocycles. The Morgan fingerprint density at radius 3 is 2.60 bits per heavy atom. The molecule has 20 heavy (non-hydrogen) atoms. The Labute approximate surface area is 125 Å². The van der Waals surface area contributed by atoms with Crippen molar-refractivity contribution in [2.24, 2.45) is 0 Å². The minimum absolute atomic E-state index is 0.186. The Bertz CT molecular complexity index is 520. The van der Waals surface area contributed by atoms with Crippen LogP contribution in [0.5, 0.6) is 0 Å². The number of alkyl halides is 3. The second kappa shape index (κ2) is 7.21. The van der Waals surface area contributed by atoms with Crippen molar-refractivity contribution in [3.05, 3.63) is 33.8 Å². The van der Waals surface area contributed by atoms with E-state index in [0.29, 0.717) is 12.2 Å². The van der Waals surface area contributed by atoms with Gasteiger partial charge in [0.1, 0.15) is 0 Å². The molecule has 1 aromatic carbocycles. The summed E-state index contributed by atoms with van der Waals surface area (Å²) >= 11 is 2.95. The van der Waals surface area contributed by atoms with Crippen LogP contribution in [0.4, 0.5) is 13.2 Å². The van der Waals surface area contributed by atoms with Crippen molar-refractivity contribution in [2.75, 3.05) is 18.6 Å². The average molecular weight is 372 g/mol. The molecule has 3 nitrogen and oxygen atoms in total. The van der Waals surface area contributed by atoms with Gasteiger partial charge in [-0.3, -0.25) is 9.00 Å². The van der Waals surface area contributed by atoms with Gasteiger partial charge in [0.25, 0.3) is 5.91 Å². The first-order chi connectivity index (χ1) is 9.21. The van der Waals surface area contributed by atoms with Crippen molar-refractivity contribution in [1.29, 1.82) is 0 Å². The maximum Gasteiger partial charge on any atom is 0.417 e. The predicted molar refractivity (Wildman–Crippen MR) is 75.0 cm³/mol. The van der Waals surface area contributed by atoms with Crippen molar-refractivity contribution in [3.8, 4) is 0 Å². The molecular weight excluding hydrogens is 359 g/mol. The highest BCUT2D eigenvalue weighted by molar-refractivity contribution is 9.10. The first-order valence-electron chi connectivity index (χ1n) is 5.67.